The lowest BCUT2D eigenvalue weighted by Crippen LogP contribution is -2.49. The van der Waals surface area contributed by atoms with Crippen molar-refractivity contribution in [1.29, 1.82) is 0 Å². The third kappa shape index (κ3) is 4.68. The third-order valence-corrected chi connectivity index (χ3v) is 4.48. The van der Waals surface area contributed by atoms with Crippen molar-refractivity contribution in [2.75, 3.05) is 19.6 Å². The van der Waals surface area contributed by atoms with E-state index in [1.54, 1.807) is 17.0 Å². The quantitative estimate of drug-likeness (QED) is 0.719. The molecular weight excluding hydrogens is 362 g/mol. The second-order valence-electron chi connectivity index (χ2n) is 5.65. The number of aromatic hydroxyl groups is 1. The van der Waals surface area contributed by atoms with E-state index in [1.807, 2.05) is 0 Å². The maximum absolute atomic E-state index is 12.8. The first-order valence-electron chi connectivity index (χ1n) is 7.79. The topological polar surface area (TPSA) is 95.7 Å². The van der Waals surface area contributed by atoms with Crippen molar-refractivity contribution in [2.45, 2.75) is 31.7 Å². The van der Waals surface area contributed by atoms with Crippen LogP contribution in [-0.2, 0) is 4.79 Å². The van der Waals surface area contributed by atoms with Crippen LogP contribution in [0.5, 0.6) is 5.75 Å². The molecule has 1 aromatic rings. The van der Waals surface area contributed by atoms with Crippen molar-refractivity contribution >= 4 is 27.7 Å². The number of nitrogens with two attached hydrogens (primary N) is 1. The number of nitrogens with zero attached hydrogens (tertiary/aromatic N) is 1. The molecule has 0 aliphatic carbocycles. The van der Waals surface area contributed by atoms with E-state index < -0.39 is 0 Å². The van der Waals surface area contributed by atoms with Crippen LogP contribution in [0.15, 0.2) is 22.7 Å². The minimum Gasteiger partial charge on any atom is -0.507 e. The van der Waals surface area contributed by atoms with Gasteiger partial charge in [0.05, 0.1) is 5.56 Å². The van der Waals surface area contributed by atoms with Gasteiger partial charge in [0, 0.05) is 36.6 Å². The lowest BCUT2D eigenvalue weighted by Gasteiger charge is -2.36. The molecule has 0 saturated carbocycles. The number of halogens is 1. The van der Waals surface area contributed by atoms with E-state index in [1.165, 1.54) is 6.07 Å². The van der Waals surface area contributed by atoms with Crippen LogP contribution in [0.4, 0.5) is 0 Å². The average molecular weight is 384 g/mol. The summed E-state index contributed by atoms with van der Waals surface area (Å²) in [5, 5.41) is 12.8. The van der Waals surface area contributed by atoms with Gasteiger partial charge in [-0.1, -0.05) is 15.9 Å². The highest BCUT2D eigenvalue weighted by atomic mass is 79.9. The van der Waals surface area contributed by atoms with Crippen molar-refractivity contribution in [3.05, 3.63) is 28.2 Å². The van der Waals surface area contributed by atoms with Crippen molar-refractivity contribution < 1.29 is 14.7 Å². The van der Waals surface area contributed by atoms with Crippen LogP contribution in [0.1, 0.15) is 36.0 Å². The Bertz CT molecular complexity index is 580. The van der Waals surface area contributed by atoms with Gasteiger partial charge in [0.1, 0.15) is 5.75 Å². The summed E-state index contributed by atoms with van der Waals surface area (Å²) in [6.45, 7) is 1.35. The number of nitrogens with one attached hydrogen (secondary N) is 1. The van der Waals surface area contributed by atoms with Gasteiger partial charge in [-0.3, -0.25) is 9.59 Å². The number of amides is 2. The Morgan fingerprint density at radius 2 is 2.17 bits per heavy atom. The van der Waals surface area contributed by atoms with Crippen LogP contribution in [0.2, 0.25) is 0 Å². The summed E-state index contributed by atoms with van der Waals surface area (Å²) in [5.41, 5.74) is 5.64. The van der Waals surface area contributed by atoms with Crippen LogP contribution in [-0.4, -0.2) is 47.5 Å². The van der Waals surface area contributed by atoms with Crippen LogP contribution >= 0.6 is 15.9 Å². The first kappa shape index (κ1) is 17.7. The van der Waals surface area contributed by atoms with Crippen LogP contribution in [0.25, 0.3) is 0 Å². The maximum atomic E-state index is 12.8. The van der Waals surface area contributed by atoms with E-state index in [0.717, 1.165) is 23.7 Å². The molecule has 0 spiro atoms. The predicted molar refractivity (Wildman–Crippen MR) is 91.2 cm³/mol. The molecule has 1 fully saturated rings. The number of benzene rings is 1. The van der Waals surface area contributed by atoms with E-state index in [2.05, 4.69) is 21.2 Å². The largest absolute Gasteiger partial charge is 0.507 e. The number of phenols is 1. The van der Waals surface area contributed by atoms with E-state index in [4.69, 9.17) is 5.73 Å². The molecule has 126 valence electrons. The minimum absolute atomic E-state index is 0.0327. The van der Waals surface area contributed by atoms with Gasteiger partial charge < -0.3 is 21.1 Å². The molecule has 6 nitrogen and oxygen atoms in total. The van der Waals surface area contributed by atoms with E-state index >= 15 is 0 Å². The molecule has 1 atom stereocenters. The summed E-state index contributed by atoms with van der Waals surface area (Å²) in [7, 11) is 0. The molecule has 1 aliphatic heterocycles. The van der Waals surface area contributed by atoms with Crippen LogP contribution in [0.3, 0.4) is 0 Å². The molecular formula is C16H22BrN3O3. The van der Waals surface area contributed by atoms with E-state index in [9.17, 15) is 14.7 Å². The average Bonchev–Trinajstić information content (AvgIpc) is 2.55. The Kier molecular flexibility index (Phi) is 6.41. The normalized spacial score (nSPS) is 17.8. The summed E-state index contributed by atoms with van der Waals surface area (Å²) in [5.74, 6) is -0.341. The molecule has 7 heteroatoms. The van der Waals surface area contributed by atoms with Crippen molar-refractivity contribution in [1.82, 2.24) is 10.2 Å². The number of carbonyl (C=O) groups excluding carboxylic acids is 2. The molecule has 1 saturated heterocycles. The van der Waals surface area contributed by atoms with Gasteiger partial charge >= 0.3 is 0 Å². The first-order chi connectivity index (χ1) is 11.0. The Morgan fingerprint density at radius 1 is 1.39 bits per heavy atom. The Labute approximate surface area is 144 Å². The number of hydrogen-bond donors (Lipinski definition) is 3. The minimum atomic E-state index is -0.207. The molecule has 1 aromatic carbocycles. The van der Waals surface area contributed by atoms with Crippen LogP contribution < -0.4 is 11.1 Å². The molecule has 2 rings (SSSR count). The molecule has 1 heterocycles. The standard InChI is InChI=1S/C16H22BrN3O3/c17-11-4-5-14(21)13(9-11)16(23)20-8-2-1-3-12(20)10-19-15(22)6-7-18/h4-5,9,12,21H,1-3,6-8,10,18H2,(H,19,22). The van der Waals surface area contributed by atoms with Gasteiger partial charge in [-0.2, -0.15) is 0 Å². The predicted octanol–water partition coefficient (Wildman–Crippen LogP) is 1.61. The lowest BCUT2D eigenvalue weighted by atomic mass is 10.0. The zero-order chi connectivity index (χ0) is 16.8. The van der Waals surface area contributed by atoms with Gasteiger partial charge in [-0.15, -0.1) is 0 Å². The summed E-state index contributed by atoms with van der Waals surface area (Å²) in [6, 6.07) is 4.75. The molecule has 4 N–H and O–H groups in total. The van der Waals surface area contributed by atoms with Crippen LogP contribution in [0, 0.1) is 0 Å². The number of phenolic OH excluding ortho intramolecular Hbond substituents is 1. The molecule has 0 bridgehead atoms. The maximum Gasteiger partial charge on any atom is 0.257 e. The Hall–Kier alpha value is -1.60. The fraction of sp³-hybridized carbons (Fsp3) is 0.500. The Morgan fingerprint density at radius 3 is 2.91 bits per heavy atom. The third-order valence-electron chi connectivity index (χ3n) is 3.98. The highest BCUT2D eigenvalue weighted by molar-refractivity contribution is 9.10. The summed E-state index contributed by atoms with van der Waals surface area (Å²) < 4.78 is 0.739. The van der Waals surface area contributed by atoms with Gasteiger partial charge in [0.25, 0.3) is 5.91 Å². The van der Waals surface area contributed by atoms with Gasteiger partial charge in [-0.05, 0) is 37.5 Å². The summed E-state index contributed by atoms with van der Waals surface area (Å²) >= 11 is 3.32. The highest BCUT2D eigenvalue weighted by Gasteiger charge is 2.29. The van der Waals surface area contributed by atoms with Crippen molar-refractivity contribution in [2.24, 2.45) is 5.73 Å². The lowest BCUT2D eigenvalue weighted by molar-refractivity contribution is -0.121. The number of carbonyl (C=O) groups is 2. The van der Waals surface area contributed by atoms with Gasteiger partial charge in [0.15, 0.2) is 0 Å². The molecule has 0 aromatic heterocycles. The van der Waals surface area contributed by atoms with Gasteiger partial charge in [0.2, 0.25) is 5.91 Å². The molecule has 0 radical (unpaired) electrons. The smallest absolute Gasteiger partial charge is 0.257 e. The zero-order valence-corrected chi connectivity index (χ0v) is 14.5. The SMILES string of the molecule is NCCC(=O)NCC1CCCCN1C(=O)c1cc(Br)ccc1O. The molecule has 23 heavy (non-hydrogen) atoms. The van der Waals surface area contributed by atoms with Crippen molar-refractivity contribution in [3.63, 3.8) is 0 Å². The van der Waals surface area contributed by atoms with E-state index in [0.29, 0.717) is 19.6 Å². The zero-order valence-electron chi connectivity index (χ0n) is 12.9. The number of rotatable bonds is 5. The first-order valence-corrected chi connectivity index (χ1v) is 8.58. The number of piperidine rings is 1. The fourth-order valence-corrected chi connectivity index (χ4v) is 3.13. The number of likely N-dealkylation sites (tertiary alicyclic amines) is 1. The van der Waals surface area contributed by atoms with E-state index in [-0.39, 0.29) is 35.6 Å². The second-order valence-corrected chi connectivity index (χ2v) is 6.57. The number of hydrogen-bond acceptors (Lipinski definition) is 4. The monoisotopic (exact) mass is 383 g/mol. The van der Waals surface area contributed by atoms with Gasteiger partial charge in [-0.25, -0.2) is 0 Å². The second kappa shape index (κ2) is 8.31. The van der Waals surface area contributed by atoms with Crippen molar-refractivity contribution in [3.8, 4) is 5.75 Å². The molecule has 2 amide bonds. The fourth-order valence-electron chi connectivity index (χ4n) is 2.77. The molecule has 1 aliphatic rings. The Balaban J connectivity index is 2.09. The molecule has 1 unspecified atom stereocenters. The summed E-state index contributed by atoms with van der Waals surface area (Å²) in [6.07, 6.45) is 3.07. The highest BCUT2D eigenvalue weighted by Crippen LogP contribution is 2.26. The summed E-state index contributed by atoms with van der Waals surface area (Å²) in [4.78, 5) is 26.1.